The lowest BCUT2D eigenvalue weighted by Gasteiger charge is -1.97. The van der Waals surface area contributed by atoms with Gasteiger partial charge in [0.25, 0.3) is 0 Å². The summed E-state index contributed by atoms with van der Waals surface area (Å²) in [5.41, 5.74) is 1.33. The highest BCUT2D eigenvalue weighted by Gasteiger charge is 2.07. The first kappa shape index (κ1) is 12.3. The molecule has 0 radical (unpaired) electrons. The summed E-state index contributed by atoms with van der Waals surface area (Å²) in [6.45, 7) is 0. The number of aromatic nitrogens is 4. The van der Waals surface area contributed by atoms with Crippen LogP contribution in [-0.4, -0.2) is 20.2 Å². The molecule has 2 heterocycles. The third-order valence-corrected chi connectivity index (χ3v) is 4.02. The molecule has 0 aliphatic carbocycles. The number of hydrogen-bond donors (Lipinski definition) is 2. The maximum Gasteiger partial charge on any atom is 0.213 e. The second-order valence-corrected chi connectivity index (χ2v) is 5.62. The quantitative estimate of drug-likeness (QED) is 0.724. The number of benzene rings is 1. The zero-order valence-corrected chi connectivity index (χ0v) is 11.7. The highest BCUT2D eigenvalue weighted by Crippen LogP contribution is 2.23. The van der Waals surface area contributed by atoms with E-state index in [0.29, 0.717) is 4.77 Å². The van der Waals surface area contributed by atoms with Crippen LogP contribution >= 0.6 is 23.6 Å². The largest absolute Gasteiger partial charge is 0.281 e. The van der Waals surface area contributed by atoms with E-state index in [2.05, 4.69) is 44.4 Å². The number of H-pyrrole nitrogens is 2. The Morgan fingerprint density at radius 2 is 1.95 bits per heavy atom. The Balaban J connectivity index is 1.70. The first-order chi connectivity index (χ1) is 9.31. The van der Waals surface area contributed by atoms with E-state index in [4.69, 9.17) is 12.2 Å². The maximum absolute atomic E-state index is 4.94. The zero-order valence-electron chi connectivity index (χ0n) is 10.1. The molecule has 19 heavy (non-hydrogen) atoms. The molecule has 4 nitrogen and oxygen atoms in total. The van der Waals surface area contributed by atoms with Crippen LogP contribution in [0.4, 0.5) is 0 Å². The second kappa shape index (κ2) is 5.46. The van der Waals surface area contributed by atoms with Gasteiger partial charge in [-0.05, 0) is 24.2 Å². The average Bonchev–Trinajstić information content (AvgIpc) is 3.06. The van der Waals surface area contributed by atoms with Gasteiger partial charge < -0.3 is 0 Å². The van der Waals surface area contributed by atoms with Gasteiger partial charge in [0.1, 0.15) is 0 Å². The van der Waals surface area contributed by atoms with Gasteiger partial charge in [0, 0.05) is 12.6 Å². The van der Waals surface area contributed by atoms with E-state index >= 15 is 0 Å². The third kappa shape index (κ3) is 2.97. The Bertz CT molecular complexity index is 711. The van der Waals surface area contributed by atoms with Gasteiger partial charge in [0.2, 0.25) is 4.77 Å². The van der Waals surface area contributed by atoms with Crippen LogP contribution in [0.15, 0.2) is 36.5 Å². The number of nitrogens with one attached hydrogen (secondary N) is 2. The highest BCUT2D eigenvalue weighted by molar-refractivity contribution is 7.71. The molecule has 0 bridgehead atoms. The van der Waals surface area contributed by atoms with Crippen molar-refractivity contribution in [3.05, 3.63) is 51.9 Å². The molecule has 0 fully saturated rings. The number of aryl methyl sites for hydroxylation is 2. The Labute approximate surface area is 119 Å². The van der Waals surface area contributed by atoms with Gasteiger partial charge in [0.15, 0.2) is 5.82 Å². The fraction of sp³-hybridized carbons (Fsp3) is 0.154. The van der Waals surface area contributed by atoms with Crippen molar-refractivity contribution in [3.63, 3.8) is 0 Å². The molecule has 0 aliphatic heterocycles. The lowest BCUT2D eigenvalue weighted by molar-refractivity contribution is 0.944. The molecule has 1 aromatic carbocycles. The third-order valence-electron chi connectivity index (χ3n) is 2.76. The Kier molecular flexibility index (Phi) is 3.52. The number of thiazole rings is 1. The number of hydrogen-bond acceptors (Lipinski definition) is 4. The lowest BCUT2D eigenvalue weighted by Crippen LogP contribution is -1.89. The van der Waals surface area contributed by atoms with Crippen LogP contribution in [0.3, 0.4) is 0 Å². The van der Waals surface area contributed by atoms with E-state index in [1.807, 2.05) is 12.3 Å². The van der Waals surface area contributed by atoms with Crippen molar-refractivity contribution in [1.82, 2.24) is 20.2 Å². The summed E-state index contributed by atoms with van der Waals surface area (Å²) in [5.74, 6) is 0.758. The molecule has 2 aromatic heterocycles. The highest BCUT2D eigenvalue weighted by atomic mass is 32.1. The second-order valence-electron chi connectivity index (χ2n) is 4.12. The Morgan fingerprint density at radius 1 is 1.11 bits per heavy atom. The molecular formula is C13H12N4S2. The maximum atomic E-state index is 4.94. The molecule has 0 saturated heterocycles. The molecule has 2 N–H and O–H groups in total. The van der Waals surface area contributed by atoms with E-state index in [9.17, 15) is 0 Å². The van der Waals surface area contributed by atoms with Crippen molar-refractivity contribution < 1.29 is 0 Å². The Morgan fingerprint density at radius 3 is 2.68 bits per heavy atom. The Hall–Kier alpha value is -1.79. The van der Waals surface area contributed by atoms with Crippen LogP contribution in [0.1, 0.15) is 10.6 Å². The van der Waals surface area contributed by atoms with Gasteiger partial charge >= 0.3 is 0 Å². The number of rotatable bonds is 4. The normalized spacial score (nSPS) is 10.7. The molecule has 3 aromatic rings. The van der Waals surface area contributed by atoms with Crippen LogP contribution < -0.4 is 0 Å². The van der Waals surface area contributed by atoms with Gasteiger partial charge in [-0.15, -0.1) is 11.3 Å². The van der Waals surface area contributed by atoms with Crippen LogP contribution in [0, 0.1) is 4.77 Å². The monoisotopic (exact) mass is 288 g/mol. The standard InChI is InChI=1S/C13H12N4S2/c18-13-15-12(16-17-13)10-8-14-11(19-10)7-6-9-4-2-1-3-5-9/h1-5,8H,6-7H2,(H2,15,16,17,18). The van der Waals surface area contributed by atoms with Crippen molar-refractivity contribution in [3.8, 4) is 10.7 Å². The smallest absolute Gasteiger partial charge is 0.213 e. The molecule has 6 heteroatoms. The van der Waals surface area contributed by atoms with Crippen molar-refractivity contribution in [2.75, 3.05) is 0 Å². The SMILES string of the molecule is S=c1nc(-c2cnc(CCc3ccccc3)s2)[nH][nH]1. The summed E-state index contributed by atoms with van der Waals surface area (Å²) in [6.07, 6.45) is 3.79. The van der Waals surface area contributed by atoms with Crippen LogP contribution in [0.2, 0.25) is 0 Å². The van der Waals surface area contributed by atoms with Gasteiger partial charge in [-0.3, -0.25) is 10.2 Å². The lowest BCUT2D eigenvalue weighted by atomic mass is 10.1. The predicted octanol–water partition coefficient (Wildman–Crippen LogP) is 3.38. The summed E-state index contributed by atoms with van der Waals surface area (Å²) < 4.78 is 0.467. The average molecular weight is 288 g/mol. The molecule has 0 amide bonds. The summed E-state index contributed by atoms with van der Waals surface area (Å²) in [7, 11) is 0. The van der Waals surface area contributed by atoms with Crippen LogP contribution in [0.5, 0.6) is 0 Å². The summed E-state index contributed by atoms with van der Waals surface area (Å²) in [4.78, 5) is 9.62. The molecular weight excluding hydrogens is 276 g/mol. The molecule has 3 rings (SSSR count). The van der Waals surface area contributed by atoms with Gasteiger partial charge in [0.05, 0.1) is 9.88 Å². The van der Waals surface area contributed by atoms with Crippen molar-refractivity contribution in [2.45, 2.75) is 12.8 Å². The summed E-state index contributed by atoms with van der Waals surface area (Å²) >= 11 is 6.59. The fourth-order valence-electron chi connectivity index (χ4n) is 1.82. The number of nitrogens with zero attached hydrogens (tertiary/aromatic N) is 2. The fourth-order valence-corrected chi connectivity index (χ4v) is 2.82. The van der Waals surface area contributed by atoms with E-state index in [0.717, 1.165) is 28.6 Å². The summed E-state index contributed by atoms with van der Waals surface area (Å²) in [5, 5.41) is 6.84. The predicted molar refractivity (Wildman–Crippen MR) is 78.7 cm³/mol. The minimum absolute atomic E-state index is 0.467. The van der Waals surface area contributed by atoms with E-state index in [1.165, 1.54) is 5.56 Å². The molecule has 0 saturated carbocycles. The summed E-state index contributed by atoms with van der Waals surface area (Å²) in [6, 6.07) is 10.4. The van der Waals surface area contributed by atoms with E-state index in [-0.39, 0.29) is 0 Å². The first-order valence-corrected chi connectivity index (χ1v) is 7.17. The van der Waals surface area contributed by atoms with Crippen molar-refractivity contribution in [1.29, 1.82) is 0 Å². The minimum Gasteiger partial charge on any atom is -0.281 e. The minimum atomic E-state index is 0.467. The molecule has 0 spiro atoms. The van der Waals surface area contributed by atoms with E-state index < -0.39 is 0 Å². The van der Waals surface area contributed by atoms with Gasteiger partial charge in [-0.1, -0.05) is 30.3 Å². The van der Waals surface area contributed by atoms with Crippen LogP contribution in [-0.2, 0) is 12.8 Å². The molecule has 0 atom stereocenters. The molecule has 96 valence electrons. The number of aromatic amines is 2. The van der Waals surface area contributed by atoms with Crippen molar-refractivity contribution >= 4 is 23.6 Å². The first-order valence-electron chi connectivity index (χ1n) is 5.95. The molecule has 0 aliphatic rings. The van der Waals surface area contributed by atoms with E-state index in [1.54, 1.807) is 11.3 Å². The van der Waals surface area contributed by atoms with Gasteiger partial charge in [-0.25, -0.2) is 4.98 Å². The van der Waals surface area contributed by atoms with Crippen molar-refractivity contribution in [2.24, 2.45) is 0 Å². The van der Waals surface area contributed by atoms with Crippen LogP contribution in [0.25, 0.3) is 10.7 Å². The topological polar surface area (TPSA) is 57.4 Å². The van der Waals surface area contributed by atoms with Gasteiger partial charge in [-0.2, -0.15) is 4.98 Å². The zero-order chi connectivity index (χ0) is 13.1. The molecule has 0 unspecified atom stereocenters.